The number of hydrogen-bond donors (Lipinski definition) is 1. The Balaban J connectivity index is 2.00. The largest absolute Gasteiger partial charge is 0.461 e. The van der Waals surface area contributed by atoms with Crippen molar-refractivity contribution in [1.82, 2.24) is 10.1 Å². The van der Waals surface area contributed by atoms with Crippen molar-refractivity contribution in [3.05, 3.63) is 47.7 Å². The summed E-state index contributed by atoms with van der Waals surface area (Å²) in [7, 11) is 0. The summed E-state index contributed by atoms with van der Waals surface area (Å²) in [5.74, 6) is 1.58. The minimum Gasteiger partial charge on any atom is -0.461 e. The average Bonchev–Trinajstić information content (AvgIpc) is 3.08. The van der Waals surface area contributed by atoms with E-state index in [0.29, 0.717) is 24.0 Å². The van der Waals surface area contributed by atoms with E-state index < -0.39 is 0 Å². The zero-order chi connectivity index (χ0) is 13.9. The SMILES string of the molecule is Cc1ccoc1-c1noc(-c2ccccc2CCN)n1. The molecule has 0 bridgehead atoms. The molecule has 0 fully saturated rings. The van der Waals surface area contributed by atoms with Gasteiger partial charge in [-0.3, -0.25) is 0 Å². The van der Waals surface area contributed by atoms with Crippen LogP contribution in [-0.2, 0) is 6.42 Å². The summed E-state index contributed by atoms with van der Waals surface area (Å²) in [6, 6.07) is 9.76. The van der Waals surface area contributed by atoms with Gasteiger partial charge in [-0.05, 0) is 43.1 Å². The van der Waals surface area contributed by atoms with E-state index in [1.165, 1.54) is 0 Å². The molecule has 1 aromatic carbocycles. The van der Waals surface area contributed by atoms with Crippen LogP contribution in [0.2, 0.25) is 0 Å². The molecule has 0 amide bonds. The maximum atomic E-state index is 5.63. The van der Waals surface area contributed by atoms with Crippen molar-refractivity contribution < 1.29 is 8.94 Å². The third kappa shape index (κ3) is 2.23. The topological polar surface area (TPSA) is 78.1 Å². The first kappa shape index (κ1) is 12.6. The highest BCUT2D eigenvalue weighted by molar-refractivity contribution is 5.61. The van der Waals surface area contributed by atoms with Crippen molar-refractivity contribution in [3.63, 3.8) is 0 Å². The lowest BCUT2D eigenvalue weighted by Crippen LogP contribution is -2.03. The minimum atomic E-state index is 0.463. The zero-order valence-corrected chi connectivity index (χ0v) is 11.2. The van der Waals surface area contributed by atoms with Crippen LogP contribution in [0.15, 0.2) is 45.5 Å². The molecule has 3 rings (SSSR count). The molecule has 0 radical (unpaired) electrons. The summed E-state index contributed by atoms with van der Waals surface area (Å²) in [6.07, 6.45) is 2.39. The van der Waals surface area contributed by atoms with Gasteiger partial charge < -0.3 is 14.7 Å². The number of benzene rings is 1. The van der Waals surface area contributed by atoms with E-state index in [1.54, 1.807) is 6.26 Å². The fourth-order valence-corrected chi connectivity index (χ4v) is 2.13. The van der Waals surface area contributed by atoms with E-state index in [-0.39, 0.29) is 0 Å². The second kappa shape index (κ2) is 5.30. The van der Waals surface area contributed by atoms with Gasteiger partial charge in [0.25, 0.3) is 5.89 Å². The lowest BCUT2D eigenvalue weighted by molar-refractivity contribution is 0.429. The van der Waals surface area contributed by atoms with E-state index in [1.807, 2.05) is 37.3 Å². The number of nitrogens with zero attached hydrogens (tertiary/aromatic N) is 2. The Bertz CT molecular complexity index is 715. The molecule has 5 nitrogen and oxygen atoms in total. The van der Waals surface area contributed by atoms with Crippen LogP contribution >= 0.6 is 0 Å². The van der Waals surface area contributed by atoms with Crippen LogP contribution in [0.25, 0.3) is 23.0 Å². The Kier molecular flexibility index (Phi) is 3.35. The molecule has 0 saturated heterocycles. The highest BCUT2D eigenvalue weighted by Gasteiger charge is 2.16. The standard InChI is InChI=1S/C15H15N3O2/c1-10-7-9-19-13(10)14-17-15(20-18-14)12-5-3-2-4-11(12)6-8-16/h2-5,7,9H,6,8,16H2,1H3. The lowest BCUT2D eigenvalue weighted by Gasteiger charge is -2.03. The van der Waals surface area contributed by atoms with Gasteiger partial charge in [-0.15, -0.1) is 0 Å². The fourth-order valence-electron chi connectivity index (χ4n) is 2.13. The van der Waals surface area contributed by atoms with Gasteiger partial charge >= 0.3 is 0 Å². The first-order chi connectivity index (χ1) is 9.79. The van der Waals surface area contributed by atoms with E-state index in [0.717, 1.165) is 23.1 Å². The Morgan fingerprint density at radius 2 is 2.05 bits per heavy atom. The Morgan fingerprint density at radius 1 is 1.20 bits per heavy atom. The van der Waals surface area contributed by atoms with Crippen LogP contribution in [-0.4, -0.2) is 16.7 Å². The second-order valence-electron chi connectivity index (χ2n) is 4.55. The highest BCUT2D eigenvalue weighted by Crippen LogP contribution is 2.27. The summed E-state index contributed by atoms with van der Waals surface area (Å²) in [5.41, 5.74) is 8.62. The number of nitrogens with two attached hydrogens (primary N) is 1. The monoisotopic (exact) mass is 269 g/mol. The van der Waals surface area contributed by atoms with Crippen molar-refractivity contribution in [2.75, 3.05) is 6.54 Å². The van der Waals surface area contributed by atoms with E-state index >= 15 is 0 Å². The quantitative estimate of drug-likeness (QED) is 0.788. The van der Waals surface area contributed by atoms with Crippen molar-refractivity contribution in [2.45, 2.75) is 13.3 Å². The van der Waals surface area contributed by atoms with Crippen molar-refractivity contribution >= 4 is 0 Å². The first-order valence-electron chi connectivity index (χ1n) is 6.46. The van der Waals surface area contributed by atoms with Crippen molar-refractivity contribution in [3.8, 4) is 23.0 Å². The van der Waals surface area contributed by atoms with Crippen LogP contribution in [0.3, 0.4) is 0 Å². The molecule has 20 heavy (non-hydrogen) atoms. The summed E-state index contributed by atoms with van der Waals surface area (Å²) in [4.78, 5) is 4.41. The molecular formula is C15H15N3O2. The molecule has 0 aliphatic heterocycles. The molecule has 2 heterocycles. The second-order valence-corrected chi connectivity index (χ2v) is 4.55. The summed E-state index contributed by atoms with van der Waals surface area (Å²) in [6.45, 7) is 2.52. The fraction of sp³-hybridized carbons (Fsp3) is 0.200. The minimum absolute atomic E-state index is 0.463. The van der Waals surface area contributed by atoms with Gasteiger partial charge in [0.05, 0.1) is 6.26 Å². The molecule has 2 aromatic heterocycles. The molecule has 0 aliphatic rings. The summed E-state index contributed by atoms with van der Waals surface area (Å²) < 4.78 is 10.7. The Hall–Kier alpha value is -2.40. The number of aromatic nitrogens is 2. The number of aryl methyl sites for hydroxylation is 1. The van der Waals surface area contributed by atoms with E-state index in [2.05, 4.69) is 10.1 Å². The normalized spacial score (nSPS) is 10.9. The van der Waals surface area contributed by atoms with Crippen LogP contribution in [0, 0.1) is 6.92 Å². The Labute approximate surface area is 116 Å². The predicted octanol–water partition coefficient (Wildman–Crippen LogP) is 2.81. The van der Waals surface area contributed by atoms with Gasteiger partial charge in [0.2, 0.25) is 5.82 Å². The number of rotatable bonds is 4. The Morgan fingerprint density at radius 3 is 2.80 bits per heavy atom. The van der Waals surface area contributed by atoms with Gasteiger partial charge in [0.1, 0.15) is 0 Å². The van der Waals surface area contributed by atoms with Gasteiger partial charge in [-0.2, -0.15) is 4.98 Å². The maximum absolute atomic E-state index is 5.63. The molecule has 0 saturated carbocycles. The molecule has 0 unspecified atom stereocenters. The summed E-state index contributed by atoms with van der Waals surface area (Å²) >= 11 is 0. The molecule has 5 heteroatoms. The highest BCUT2D eigenvalue weighted by atomic mass is 16.5. The van der Waals surface area contributed by atoms with Crippen molar-refractivity contribution in [2.24, 2.45) is 5.73 Å². The zero-order valence-electron chi connectivity index (χ0n) is 11.2. The third-order valence-electron chi connectivity index (χ3n) is 3.15. The van der Waals surface area contributed by atoms with Crippen LogP contribution in [0.5, 0.6) is 0 Å². The number of hydrogen-bond acceptors (Lipinski definition) is 5. The molecular weight excluding hydrogens is 254 g/mol. The molecule has 2 N–H and O–H groups in total. The average molecular weight is 269 g/mol. The van der Waals surface area contributed by atoms with E-state index in [9.17, 15) is 0 Å². The van der Waals surface area contributed by atoms with Gasteiger partial charge in [-0.25, -0.2) is 0 Å². The molecule has 0 atom stereocenters. The van der Waals surface area contributed by atoms with Crippen LogP contribution < -0.4 is 5.73 Å². The van der Waals surface area contributed by atoms with E-state index in [4.69, 9.17) is 14.7 Å². The third-order valence-corrected chi connectivity index (χ3v) is 3.15. The smallest absolute Gasteiger partial charge is 0.258 e. The molecule has 0 aliphatic carbocycles. The van der Waals surface area contributed by atoms with Crippen molar-refractivity contribution in [1.29, 1.82) is 0 Å². The summed E-state index contributed by atoms with van der Waals surface area (Å²) in [5, 5.41) is 3.99. The first-order valence-corrected chi connectivity index (χ1v) is 6.46. The lowest BCUT2D eigenvalue weighted by atomic mass is 10.0. The molecule has 0 spiro atoms. The molecule has 102 valence electrons. The van der Waals surface area contributed by atoms with Crippen LogP contribution in [0.1, 0.15) is 11.1 Å². The number of furan rings is 1. The van der Waals surface area contributed by atoms with Crippen LogP contribution in [0.4, 0.5) is 0 Å². The maximum Gasteiger partial charge on any atom is 0.258 e. The van der Waals surface area contributed by atoms with Gasteiger partial charge in [-0.1, -0.05) is 23.4 Å². The van der Waals surface area contributed by atoms with Gasteiger partial charge in [0.15, 0.2) is 5.76 Å². The molecule has 3 aromatic rings. The predicted molar refractivity (Wildman–Crippen MR) is 74.9 cm³/mol. The van der Waals surface area contributed by atoms with Gasteiger partial charge in [0, 0.05) is 5.56 Å².